The van der Waals surface area contributed by atoms with Gasteiger partial charge in [-0.25, -0.2) is 0 Å². The fraction of sp³-hybridized carbons (Fsp3) is 0.444. The molecule has 0 saturated carbocycles. The lowest BCUT2D eigenvalue weighted by Gasteiger charge is -1.94. The van der Waals surface area contributed by atoms with Crippen LogP contribution < -0.4 is 0 Å². The quantitative estimate of drug-likeness (QED) is 0.419. The minimum atomic E-state index is 0.741. The van der Waals surface area contributed by atoms with Crippen LogP contribution in [0, 0.1) is 0 Å². The zero-order chi connectivity index (χ0) is 7.98. The highest BCUT2D eigenvalue weighted by Crippen LogP contribution is 2.00. The van der Waals surface area contributed by atoms with Crippen molar-refractivity contribution in [2.24, 2.45) is 4.99 Å². The topological polar surface area (TPSA) is 12.4 Å². The van der Waals surface area contributed by atoms with E-state index in [1.165, 1.54) is 11.1 Å². The van der Waals surface area contributed by atoms with E-state index in [2.05, 4.69) is 37.7 Å². The third-order valence-electron chi connectivity index (χ3n) is 1.29. The molecule has 10 heavy (non-hydrogen) atoms. The number of nitrogens with zero attached hydrogens (tertiary/aromatic N) is 1. The summed E-state index contributed by atoms with van der Waals surface area (Å²) in [7, 11) is 0. The Hall–Kier alpha value is -0.850. The van der Waals surface area contributed by atoms with Gasteiger partial charge >= 0.3 is 0 Å². The van der Waals surface area contributed by atoms with Gasteiger partial charge in [0.1, 0.15) is 0 Å². The Balaban J connectivity index is 4.02. The molecule has 0 atom stereocenters. The molecule has 0 aromatic rings. The van der Waals surface area contributed by atoms with Crippen LogP contribution in [0.25, 0.3) is 0 Å². The molecule has 0 aromatic heterocycles. The van der Waals surface area contributed by atoms with Crippen LogP contribution in [0.2, 0.25) is 0 Å². The van der Waals surface area contributed by atoms with Gasteiger partial charge in [-0.05, 0) is 27.5 Å². The maximum Gasteiger partial charge on any atom is 0.0592 e. The first-order valence-electron chi connectivity index (χ1n) is 3.43. The molecule has 56 valence electrons. The molecule has 0 aliphatic rings. The summed E-state index contributed by atoms with van der Waals surface area (Å²) in [6, 6.07) is 0. The summed E-state index contributed by atoms with van der Waals surface area (Å²) in [6.45, 7) is 10.3. The van der Waals surface area contributed by atoms with E-state index in [0.717, 1.165) is 6.54 Å². The third kappa shape index (κ3) is 4.07. The van der Waals surface area contributed by atoms with Crippen LogP contribution in [0.4, 0.5) is 0 Å². The summed E-state index contributed by atoms with van der Waals surface area (Å²) in [5.41, 5.74) is 2.53. The second-order valence-corrected chi connectivity index (χ2v) is 2.41. The summed E-state index contributed by atoms with van der Waals surface area (Å²) < 4.78 is 0. The second-order valence-electron chi connectivity index (χ2n) is 2.41. The van der Waals surface area contributed by atoms with Gasteiger partial charge in [0.05, 0.1) is 6.54 Å². The minimum Gasteiger partial charge on any atom is -0.297 e. The van der Waals surface area contributed by atoms with Gasteiger partial charge in [0.25, 0.3) is 0 Å². The molecule has 0 aromatic carbocycles. The summed E-state index contributed by atoms with van der Waals surface area (Å²) in [5.74, 6) is 0. The van der Waals surface area contributed by atoms with Crippen molar-refractivity contribution in [2.75, 3.05) is 6.54 Å². The Kier molecular flexibility index (Phi) is 4.55. The zero-order valence-corrected chi connectivity index (χ0v) is 7.02. The smallest absolute Gasteiger partial charge is 0.0592 e. The first kappa shape index (κ1) is 9.15. The molecule has 0 heterocycles. The Morgan fingerprint density at radius 1 is 1.50 bits per heavy atom. The average Bonchev–Trinajstić information content (AvgIpc) is 1.88. The van der Waals surface area contributed by atoms with Crippen LogP contribution in [-0.2, 0) is 0 Å². The second kappa shape index (κ2) is 4.98. The van der Waals surface area contributed by atoms with Crippen molar-refractivity contribution < 1.29 is 0 Å². The van der Waals surface area contributed by atoms with Gasteiger partial charge < -0.3 is 0 Å². The van der Waals surface area contributed by atoms with Crippen LogP contribution >= 0.6 is 0 Å². The summed E-state index contributed by atoms with van der Waals surface area (Å²) in [5, 5.41) is 0. The maximum absolute atomic E-state index is 3.78. The van der Waals surface area contributed by atoms with Crippen LogP contribution in [0.5, 0.6) is 0 Å². The monoisotopic (exact) mass is 137 g/mol. The van der Waals surface area contributed by atoms with Gasteiger partial charge in [-0.1, -0.05) is 23.3 Å². The maximum atomic E-state index is 3.78. The van der Waals surface area contributed by atoms with Crippen molar-refractivity contribution in [1.82, 2.24) is 0 Å². The fourth-order valence-corrected chi connectivity index (χ4v) is 0.694. The number of rotatable bonds is 3. The Morgan fingerprint density at radius 2 is 2.10 bits per heavy atom. The molecule has 1 nitrogen and oxygen atoms in total. The van der Waals surface area contributed by atoms with E-state index in [4.69, 9.17) is 0 Å². The van der Waals surface area contributed by atoms with Gasteiger partial charge in [-0.15, -0.1) is 0 Å². The van der Waals surface area contributed by atoms with Crippen LogP contribution in [0.3, 0.4) is 0 Å². The normalized spacial score (nSPS) is 13.5. The van der Waals surface area contributed by atoms with E-state index in [1.54, 1.807) is 0 Å². The molecular formula is C9H15N. The fourth-order valence-electron chi connectivity index (χ4n) is 0.694. The predicted octanol–water partition coefficient (Wildman–Crippen LogP) is 2.60. The number of allylic oxidation sites excluding steroid dienone is 3. The molecule has 0 amide bonds. The van der Waals surface area contributed by atoms with E-state index in [0.29, 0.717) is 0 Å². The van der Waals surface area contributed by atoms with E-state index >= 15 is 0 Å². The highest BCUT2D eigenvalue weighted by Gasteiger charge is 1.84. The molecule has 1 heteroatoms. The van der Waals surface area contributed by atoms with Crippen molar-refractivity contribution in [1.29, 1.82) is 0 Å². The number of hydrogen-bond donors (Lipinski definition) is 0. The Bertz CT molecular complexity index is 164. The first-order chi connectivity index (χ1) is 4.70. The van der Waals surface area contributed by atoms with Crippen molar-refractivity contribution in [3.05, 3.63) is 23.3 Å². The van der Waals surface area contributed by atoms with E-state index in [9.17, 15) is 0 Å². The van der Waals surface area contributed by atoms with E-state index in [-0.39, 0.29) is 0 Å². The van der Waals surface area contributed by atoms with E-state index < -0.39 is 0 Å². The zero-order valence-electron chi connectivity index (χ0n) is 7.02. The van der Waals surface area contributed by atoms with Crippen LogP contribution in [0.1, 0.15) is 20.8 Å². The highest BCUT2D eigenvalue weighted by molar-refractivity contribution is 5.27. The molecular weight excluding hydrogens is 122 g/mol. The Labute approximate surface area is 63.2 Å². The molecule has 0 radical (unpaired) electrons. The molecule has 0 unspecified atom stereocenters. The SMILES string of the molecule is C=NCC(C)=CC(C)=CC. The summed E-state index contributed by atoms with van der Waals surface area (Å²) in [6.07, 6.45) is 4.20. The summed E-state index contributed by atoms with van der Waals surface area (Å²) in [4.78, 5) is 3.78. The predicted molar refractivity (Wildman–Crippen MR) is 47.6 cm³/mol. The minimum absolute atomic E-state index is 0.741. The molecule has 0 rings (SSSR count). The lowest BCUT2D eigenvalue weighted by Crippen LogP contribution is -1.81. The molecule has 0 aliphatic carbocycles. The molecule has 0 spiro atoms. The molecule has 0 N–H and O–H groups in total. The van der Waals surface area contributed by atoms with Crippen molar-refractivity contribution in [2.45, 2.75) is 20.8 Å². The first-order valence-corrected chi connectivity index (χ1v) is 3.43. The molecule has 0 aliphatic heterocycles. The summed E-state index contributed by atoms with van der Waals surface area (Å²) >= 11 is 0. The van der Waals surface area contributed by atoms with Gasteiger partial charge in [0.2, 0.25) is 0 Å². The van der Waals surface area contributed by atoms with Crippen LogP contribution in [0.15, 0.2) is 28.3 Å². The van der Waals surface area contributed by atoms with Crippen molar-refractivity contribution in [3.8, 4) is 0 Å². The average molecular weight is 137 g/mol. The van der Waals surface area contributed by atoms with Gasteiger partial charge in [-0.2, -0.15) is 0 Å². The van der Waals surface area contributed by atoms with Gasteiger partial charge in [0.15, 0.2) is 0 Å². The number of aliphatic imine (C=N–C) groups is 1. The Morgan fingerprint density at radius 3 is 2.50 bits per heavy atom. The van der Waals surface area contributed by atoms with E-state index in [1.807, 2.05) is 6.92 Å². The van der Waals surface area contributed by atoms with Gasteiger partial charge in [0, 0.05) is 0 Å². The molecule has 0 saturated heterocycles. The molecule has 0 fully saturated rings. The number of hydrogen-bond acceptors (Lipinski definition) is 1. The highest BCUT2D eigenvalue weighted by atomic mass is 14.7. The van der Waals surface area contributed by atoms with Gasteiger partial charge in [-0.3, -0.25) is 4.99 Å². The van der Waals surface area contributed by atoms with Crippen molar-refractivity contribution >= 4 is 6.72 Å². The molecule has 0 bridgehead atoms. The lowest BCUT2D eigenvalue weighted by atomic mass is 10.2. The lowest BCUT2D eigenvalue weighted by molar-refractivity contribution is 1.14. The van der Waals surface area contributed by atoms with Crippen molar-refractivity contribution in [3.63, 3.8) is 0 Å². The third-order valence-corrected chi connectivity index (χ3v) is 1.29. The van der Waals surface area contributed by atoms with Crippen LogP contribution in [-0.4, -0.2) is 13.3 Å². The standard InChI is InChI=1S/C9H15N/c1-5-8(2)6-9(3)7-10-4/h5-6H,4,7H2,1-3H3. The largest absolute Gasteiger partial charge is 0.297 e.